The molecule has 0 fully saturated rings. The molecule has 0 aliphatic carbocycles. The quantitative estimate of drug-likeness (QED) is 0.501. The number of hydrogen-bond donors (Lipinski definition) is 2. The Kier molecular flexibility index (Phi) is 4.54. The lowest BCUT2D eigenvalue weighted by Crippen LogP contribution is -2.14. The predicted octanol–water partition coefficient (Wildman–Crippen LogP) is 5.28. The zero-order chi connectivity index (χ0) is 19.6. The van der Waals surface area contributed by atoms with Gasteiger partial charge in [0.2, 0.25) is 0 Å². The van der Waals surface area contributed by atoms with Crippen LogP contribution in [-0.4, -0.2) is 15.2 Å². The van der Waals surface area contributed by atoms with Gasteiger partial charge in [0, 0.05) is 25.2 Å². The Morgan fingerprint density at radius 3 is 2.75 bits per heavy atom. The van der Waals surface area contributed by atoms with Gasteiger partial charge in [0.15, 0.2) is 5.65 Å². The Morgan fingerprint density at radius 1 is 1.14 bits per heavy atom. The standard InChI is InChI=1S/C23H21N5.H2/c1-23(2,15-24)18-10-17(20-8-9-25-22-21(20)14-27-28-22)11-19(12-18)26-13-16-6-4-3-5-7-16;/h3-12,14,26H,13H2,1-2H3,(H,25,27,28);1H. The fraction of sp³-hybridized carbons (Fsp3) is 0.174. The van der Waals surface area contributed by atoms with Crippen LogP contribution in [0.15, 0.2) is 67.0 Å². The van der Waals surface area contributed by atoms with Crippen LogP contribution in [0.1, 0.15) is 26.4 Å². The van der Waals surface area contributed by atoms with E-state index in [2.05, 4.69) is 56.9 Å². The van der Waals surface area contributed by atoms with Gasteiger partial charge in [0.05, 0.1) is 17.7 Å². The van der Waals surface area contributed by atoms with Crippen molar-refractivity contribution in [1.82, 2.24) is 15.2 Å². The maximum atomic E-state index is 9.65. The molecule has 2 N–H and O–H groups in total. The molecule has 2 heterocycles. The number of hydrogen-bond acceptors (Lipinski definition) is 4. The van der Waals surface area contributed by atoms with Crippen LogP contribution in [0.25, 0.3) is 22.2 Å². The number of aromatic amines is 1. The van der Waals surface area contributed by atoms with E-state index in [0.717, 1.165) is 33.4 Å². The summed E-state index contributed by atoms with van der Waals surface area (Å²) >= 11 is 0. The lowest BCUT2D eigenvalue weighted by molar-refractivity contribution is 0.687. The van der Waals surface area contributed by atoms with Crippen molar-refractivity contribution in [2.24, 2.45) is 0 Å². The number of rotatable bonds is 5. The van der Waals surface area contributed by atoms with Crippen molar-refractivity contribution >= 4 is 16.7 Å². The van der Waals surface area contributed by atoms with Crippen LogP contribution >= 0.6 is 0 Å². The average molecular weight is 369 g/mol. The molecule has 0 radical (unpaired) electrons. The second kappa shape index (κ2) is 7.16. The molecule has 5 heteroatoms. The SMILES string of the molecule is CC(C)(C#N)c1cc(NCc2ccccc2)cc(-c2ccnc3[nH]ncc23)c1.[HH]. The van der Waals surface area contributed by atoms with Gasteiger partial charge in [-0.15, -0.1) is 0 Å². The van der Waals surface area contributed by atoms with Crippen molar-refractivity contribution in [2.75, 3.05) is 5.32 Å². The zero-order valence-corrected chi connectivity index (χ0v) is 15.9. The van der Waals surface area contributed by atoms with Gasteiger partial charge in [-0.3, -0.25) is 5.10 Å². The average Bonchev–Trinajstić information content (AvgIpc) is 3.22. The number of aromatic nitrogens is 3. The predicted molar refractivity (Wildman–Crippen MR) is 114 cm³/mol. The molecule has 2 aromatic carbocycles. The highest BCUT2D eigenvalue weighted by molar-refractivity contribution is 5.92. The molecule has 140 valence electrons. The third-order valence-corrected chi connectivity index (χ3v) is 4.94. The lowest BCUT2D eigenvalue weighted by atomic mass is 9.84. The largest absolute Gasteiger partial charge is 0.381 e. The third-order valence-electron chi connectivity index (χ3n) is 4.94. The maximum Gasteiger partial charge on any atom is 0.155 e. The molecule has 4 aromatic rings. The van der Waals surface area contributed by atoms with Gasteiger partial charge in [0.25, 0.3) is 0 Å². The molecule has 0 aliphatic rings. The van der Waals surface area contributed by atoms with Crippen LogP contribution in [0.3, 0.4) is 0 Å². The first-order valence-electron chi connectivity index (χ1n) is 9.20. The third kappa shape index (κ3) is 3.45. The zero-order valence-electron chi connectivity index (χ0n) is 15.9. The smallest absolute Gasteiger partial charge is 0.155 e. The van der Waals surface area contributed by atoms with E-state index in [0.29, 0.717) is 6.54 Å². The summed E-state index contributed by atoms with van der Waals surface area (Å²) < 4.78 is 0. The molecular weight excluding hydrogens is 346 g/mol. The van der Waals surface area contributed by atoms with E-state index in [1.54, 1.807) is 12.4 Å². The highest BCUT2D eigenvalue weighted by Crippen LogP contribution is 2.34. The summed E-state index contributed by atoms with van der Waals surface area (Å²) in [5, 5.41) is 21.1. The second-order valence-electron chi connectivity index (χ2n) is 7.37. The van der Waals surface area contributed by atoms with Gasteiger partial charge in [-0.25, -0.2) is 4.98 Å². The van der Waals surface area contributed by atoms with E-state index in [9.17, 15) is 5.26 Å². The molecular formula is C23H23N5. The van der Waals surface area contributed by atoms with E-state index in [4.69, 9.17) is 0 Å². The molecule has 0 saturated heterocycles. The minimum atomic E-state index is -0.596. The van der Waals surface area contributed by atoms with Crippen LogP contribution in [0.4, 0.5) is 5.69 Å². The molecule has 0 amide bonds. The van der Waals surface area contributed by atoms with Crippen LogP contribution in [0, 0.1) is 11.3 Å². The van der Waals surface area contributed by atoms with Crippen molar-refractivity contribution < 1.29 is 1.43 Å². The Morgan fingerprint density at radius 2 is 1.96 bits per heavy atom. The van der Waals surface area contributed by atoms with E-state index in [1.807, 2.05) is 38.1 Å². The van der Waals surface area contributed by atoms with Crippen molar-refractivity contribution in [3.63, 3.8) is 0 Å². The summed E-state index contributed by atoms with van der Waals surface area (Å²) in [5.41, 5.74) is 5.38. The number of nitrogens with one attached hydrogen (secondary N) is 2. The summed E-state index contributed by atoms with van der Waals surface area (Å²) in [7, 11) is 0. The van der Waals surface area contributed by atoms with E-state index < -0.39 is 5.41 Å². The van der Waals surface area contributed by atoms with Gasteiger partial charge in [-0.05, 0) is 60.4 Å². The normalized spacial score (nSPS) is 11.3. The number of H-pyrrole nitrogens is 1. The molecule has 2 aromatic heterocycles. The number of nitriles is 1. The van der Waals surface area contributed by atoms with Crippen LogP contribution in [-0.2, 0) is 12.0 Å². The van der Waals surface area contributed by atoms with E-state index >= 15 is 0 Å². The van der Waals surface area contributed by atoms with Crippen molar-refractivity contribution in [2.45, 2.75) is 25.8 Å². The van der Waals surface area contributed by atoms with Gasteiger partial charge < -0.3 is 5.32 Å². The summed E-state index contributed by atoms with van der Waals surface area (Å²) in [4.78, 5) is 4.33. The molecule has 0 bridgehead atoms. The molecule has 0 spiro atoms. The van der Waals surface area contributed by atoms with Gasteiger partial charge in [0.1, 0.15) is 0 Å². The first-order chi connectivity index (χ1) is 13.6. The highest BCUT2D eigenvalue weighted by Gasteiger charge is 2.21. The Bertz CT molecular complexity index is 1160. The molecule has 0 unspecified atom stereocenters. The molecule has 4 rings (SSSR count). The number of pyridine rings is 1. The first-order valence-corrected chi connectivity index (χ1v) is 9.20. The number of benzene rings is 2. The first kappa shape index (κ1) is 17.7. The van der Waals surface area contributed by atoms with Crippen LogP contribution in [0.5, 0.6) is 0 Å². The van der Waals surface area contributed by atoms with E-state index in [1.165, 1.54) is 5.56 Å². The number of nitrogens with zero attached hydrogens (tertiary/aromatic N) is 3. The van der Waals surface area contributed by atoms with Gasteiger partial charge >= 0.3 is 0 Å². The number of fused-ring (bicyclic) bond motifs is 1. The summed E-state index contributed by atoms with van der Waals surface area (Å²) in [6.07, 6.45) is 3.56. The van der Waals surface area contributed by atoms with Crippen LogP contribution in [0.2, 0.25) is 0 Å². The Hall–Kier alpha value is -3.65. The Labute approximate surface area is 165 Å². The fourth-order valence-electron chi connectivity index (χ4n) is 3.21. The minimum absolute atomic E-state index is 0. The number of anilines is 1. The van der Waals surface area contributed by atoms with Crippen LogP contribution < -0.4 is 5.32 Å². The van der Waals surface area contributed by atoms with Crippen molar-refractivity contribution in [1.29, 1.82) is 5.26 Å². The molecule has 0 aliphatic heterocycles. The minimum Gasteiger partial charge on any atom is -0.381 e. The lowest BCUT2D eigenvalue weighted by Gasteiger charge is -2.20. The second-order valence-corrected chi connectivity index (χ2v) is 7.37. The summed E-state index contributed by atoms with van der Waals surface area (Å²) in [6, 6.07) is 20.9. The molecule has 0 saturated carbocycles. The van der Waals surface area contributed by atoms with Crippen molar-refractivity contribution in [3.8, 4) is 17.2 Å². The summed E-state index contributed by atoms with van der Waals surface area (Å²) in [5.74, 6) is 0. The fourth-order valence-corrected chi connectivity index (χ4v) is 3.21. The topological polar surface area (TPSA) is 77.4 Å². The van der Waals surface area contributed by atoms with E-state index in [-0.39, 0.29) is 1.43 Å². The Balaban J connectivity index is 0.00000240. The summed E-state index contributed by atoms with van der Waals surface area (Å²) in [6.45, 7) is 4.59. The monoisotopic (exact) mass is 369 g/mol. The van der Waals surface area contributed by atoms with Crippen molar-refractivity contribution in [3.05, 3.63) is 78.1 Å². The molecule has 5 nitrogen and oxygen atoms in total. The highest BCUT2D eigenvalue weighted by atomic mass is 15.1. The van der Waals surface area contributed by atoms with Gasteiger partial charge in [-0.1, -0.05) is 30.3 Å². The van der Waals surface area contributed by atoms with Gasteiger partial charge in [-0.2, -0.15) is 10.4 Å². The maximum absolute atomic E-state index is 9.65. The molecule has 0 atom stereocenters. The molecule has 28 heavy (non-hydrogen) atoms.